The van der Waals surface area contributed by atoms with Crippen molar-refractivity contribution in [1.29, 1.82) is 0 Å². The summed E-state index contributed by atoms with van der Waals surface area (Å²) < 4.78 is 19.2. The summed E-state index contributed by atoms with van der Waals surface area (Å²) in [5.41, 5.74) is 2.48. The van der Waals surface area contributed by atoms with Gasteiger partial charge in [0.25, 0.3) is 0 Å². The first-order valence-electron chi connectivity index (χ1n) is 9.37. The molecular weight excluding hydrogens is 329 g/mol. The number of hydrogen-bond donors (Lipinski definition) is 1. The fraction of sp³-hybridized carbons (Fsp3) is 0.455. The predicted molar refractivity (Wildman–Crippen MR) is 99.4 cm³/mol. The van der Waals surface area contributed by atoms with Crippen LogP contribution in [0.15, 0.2) is 48.5 Å². The molecule has 2 heterocycles. The van der Waals surface area contributed by atoms with E-state index in [2.05, 4.69) is 29.2 Å². The summed E-state index contributed by atoms with van der Waals surface area (Å²) in [4.78, 5) is 2.49. The third kappa shape index (κ3) is 3.68. The molecule has 0 spiro atoms. The number of rotatable bonds is 4. The molecule has 0 saturated carbocycles. The van der Waals surface area contributed by atoms with Crippen molar-refractivity contribution in [2.24, 2.45) is 0 Å². The molecule has 2 atom stereocenters. The van der Waals surface area contributed by atoms with Crippen LogP contribution in [0.4, 0.5) is 4.39 Å². The van der Waals surface area contributed by atoms with Crippen LogP contribution in [0.25, 0.3) is 0 Å². The third-order valence-corrected chi connectivity index (χ3v) is 5.82. The first-order valence-corrected chi connectivity index (χ1v) is 9.37. The summed E-state index contributed by atoms with van der Waals surface area (Å²) >= 11 is 0. The maximum Gasteiger partial charge on any atom is 0.123 e. The van der Waals surface area contributed by atoms with Crippen LogP contribution in [0, 0.1) is 12.7 Å². The largest absolute Gasteiger partial charge is 0.389 e. The van der Waals surface area contributed by atoms with Crippen molar-refractivity contribution in [3.63, 3.8) is 0 Å². The molecule has 4 heteroatoms. The Morgan fingerprint density at radius 2 is 1.81 bits per heavy atom. The Bertz CT molecular complexity index is 750. The number of fused-ring (bicyclic) bond motifs is 2. The Hall–Kier alpha value is -1.75. The number of nitrogens with zero attached hydrogens (tertiary/aromatic N) is 1. The monoisotopic (exact) mass is 355 g/mol. The Morgan fingerprint density at radius 1 is 1.12 bits per heavy atom. The molecule has 2 fully saturated rings. The fourth-order valence-corrected chi connectivity index (χ4v) is 4.55. The van der Waals surface area contributed by atoms with Gasteiger partial charge >= 0.3 is 0 Å². The lowest BCUT2D eigenvalue weighted by atomic mass is 9.77. The van der Waals surface area contributed by atoms with Crippen LogP contribution >= 0.6 is 0 Å². The second-order valence-corrected chi connectivity index (χ2v) is 7.88. The van der Waals surface area contributed by atoms with Gasteiger partial charge in [0.1, 0.15) is 5.82 Å². The average Bonchev–Trinajstić information content (AvgIpc) is 2.60. The predicted octanol–water partition coefficient (Wildman–Crippen LogP) is 3.47. The molecule has 0 radical (unpaired) electrons. The number of ether oxygens (including phenoxy) is 1. The SMILES string of the molecule is Cc1cc(F)ccc1CC1(O)CC2COCC(C1)N2Cc1ccccc1. The van der Waals surface area contributed by atoms with Crippen LogP contribution in [0.1, 0.15) is 29.5 Å². The highest BCUT2D eigenvalue weighted by Gasteiger charge is 2.46. The Balaban J connectivity index is 1.51. The van der Waals surface area contributed by atoms with Gasteiger partial charge in [-0.1, -0.05) is 36.4 Å². The van der Waals surface area contributed by atoms with Crippen LogP contribution in [0.3, 0.4) is 0 Å². The van der Waals surface area contributed by atoms with E-state index in [0.717, 1.165) is 17.7 Å². The van der Waals surface area contributed by atoms with Gasteiger partial charge in [-0.2, -0.15) is 0 Å². The van der Waals surface area contributed by atoms with Gasteiger partial charge < -0.3 is 9.84 Å². The smallest absolute Gasteiger partial charge is 0.123 e. The topological polar surface area (TPSA) is 32.7 Å². The van der Waals surface area contributed by atoms with Crippen molar-refractivity contribution in [1.82, 2.24) is 4.90 Å². The van der Waals surface area contributed by atoms with E-state index in [-0.39, 0.29) is 17.9 Å². The molecule has 0 aliphatic carbocycles. The van der Waals surface area contributed by atoms with Gasteiger partial charge in [0.15, 0.2) is 0 Å². The van der Waals surface area contributed by atoms with Crippen molar-refractivity contribution in [3.05, 3.63) is 71.0 Å². The zero-order chi connectivity index (χ0) is 18.1. The molecule has 26 heavy (non-hydrogen) atoms. The van der Waals surface area contributed by atoms with E-state index >= 15 is 0 Å². The summed E-state index contributed by atoms with van der Waals surface area (Å²) in [7, 11) is 0. The zero-order valence-corrected chi connectivity index (χ0v) is 15.2. The Labute approximate surface area is 154 Å². The molecule has 2 bridgehead atoms. The van der Waals surface area contributed by atoms with Gasteiger partial charge in [0.05, 0.1) is 18.8 Å². The normalized spacial score (nSPS) is 28.9. The lowest BCUT2D eigenvalue weighted by Gasteiger charge is -2.52. The highest BCUT2D eigenvalue weighted by Crippen LogP contribution is 2.37. The average molecular weight is 355 g/mol. The molecule has 2 aliphatic heterocycles. The lowest BCUT2D eigenvalue weighted by Crippen LogP contribution is -2.61. The second-order valence-electron chi connectivity index (χ2n) is 7.88. The Kier molecular flexibility index (Phi) is 4.82. The van der Waals surface area contributed by atoms with Gasteiger partial charge in [-0.15, -0.1) is 0 Å². The molecule has 2 unspecified atom stereocenters. The van der Waals surface area contributed by atoms with E-state index in [0.29, 0.717) is 32.5 Å². The molecule has 4 rings (SSSR count). The summed E-state index contributed by atoms with van der Waals surface area (Å²) in [6.45, 7) is 4.13. The first kappa shape index (κ1) is 17.7. The minimum atomic E-state index is -0.755. The molecule has 1 N–H and O–H groups in total. The molecular formula is C22H26FNO2. The number of benzene rings is 2. The van der Waals surface area contributed by atoms with Crippen molar-refractivity contribution in [3.8, 4) is 0 Å². The van der Waals surface area contributed by atoms with Crippen LogP contribution in [0.5, 0.6) is 0 Å². The van der Waals surface area contributed by atoms with Gasteiger partial charge in [-0.25, -0.2) is 4.39 Å². The van der Waals surface area contributed by atoms with E-state index in [1.807, 2.05) is 19.1 Å². The number of aryl methyl sites for hydroxylation is 1. The number of halogens is 1. The van der Waals surface area contributed by atoms with Gasteiger partial charge in [0.2, 0.25) is 0 Å². The van der Waals surface area contributed by atoms with Crippen LogP contribution in [0.2, 0.25) is 0 Å². The van der Waals surface area contributed by atoms with Gasteiger partial charge in [-0.3, -0.25) is 4.90 Å². The summed E-state index contributed by atoms with van der Waals surface area (Å²) in [5, 5.41) is 11.3. The second kappa shape index (κ2) is 7.10. The standard InChI is InChI=1S/C22H26FNO2/c1-16-9-19(23)8-7-18(16)10-22(25)11-20-14-26-15-21(12-22)24(20)13-17-5-3-2-4-6-17/h2-9,20-21,25H,10-15H2,1H3. The van der Waals surface area contributed by atoms with E-state index in [4.69, 9.17) is 4.74 Å². The summed E-state index contributed by atoms with van der Waals surface area (Å²) in [6.07, 6.45) is 1.95. The highest BCUT2D eigenvalue weighted by atomic mass is 19.1. The van der Waals surface area contributed by atoms with Crippen molar-refractivity contribution < 1.29 is 14.2 Å². The fourth-order valence-electron chi connectivity index (χ4n) is 4.55. The molecule has 138 valence electrons. The summed E-state index contributed by atoms with van der Waals surface area (Å²) in [6, 6.07) is 15.8. The molecule has 2 aromatic rings. The number of hydrogen-bond acceptors (Lipinski definition) is 3. The van der Waals surface area contributed by atoms with E-state index < -0.39 is 5.60 Å². The van der Waals surface area contributed by atoms with E-state index in [1.165, 1.54) is 11.6 Å². The van der Waals surface area contributed by atoms with Gasteiger partial charge in [-0.05, 0) is 48.6 Å². The maximum atomic E-state index is 13.4. The zero-order valence-electron chi connectivity index (χ0n) is 15.2. The lowest BCUT2D eigenvalue weighted by molar-refractivity contribution is -0.145. The number of morpholine rings is 1. The molecule has 3 nitrogen and oxygen atoms in total. The van der Waals surface area contributed by atoms with E-state index in [1.54, 1.807) is 6.07 Å². The van der Waals surface area contributed by atoms with Crippen LogP contribution in [-0.4, -0.2) is 40.9 Å². The van der Waals surface area contributed by atoms with Crippen molar-refractivity contribution >= 4 is 0 Å². The summed E-state index contributed by atoms with van der Waals surface area (Å²) in [5.74, 6) is -0.221. The molecule has 0 aromatic heterocycles. The minimum Gasteiger partial charge on any atom is -0.389 e. The molecule has 2 aromatic carbocycles. The quantitative estimate of drug-likeness (QED) is 0.912. The molecule has 0 amide bonds. The van der Waals surface area contributed by atoms with Crippen molar-refractivity contribution in [2.45, 2.75) is 50.4 Å². The number of piperidine rings is 1. The Morgan fingerprint density at radius 3 is 2.46 bits per heavy atom. The highest BCUT2D eigenvalue weighted by molar-refractivity contribution is 5.28. The van der Waals surface area contributed by atoms with Crippen LogP contribution in [-0.2, 0) is 17.7 Å². The maximum absolute atomic E-state index is 13.4. The van der Waals surface area contributed by atoms with Crippen molar-refractivity contribution in [2.75, 3.05) is 13.2 Å². The van der Waals surface area contributed by atoms with Crippen LogP contribution < -0.4 is 0 Å². The van der Waals surface area contributed by atoms with E-state index in [9.17, 15) is 9.50 Å². The first-order chi connectivity index (χ1) is 12.5. The third-order valence-electron chi connectivity index (χ3n) is 5.82. The molecule has 2 saturated heterocycles. The van der Waals surface area contributed by atoms with Gasteiger partial charge in [0, 0.05) is 25.0 Å². The number of aliphatic hydroxyl groups is 1. The molecule has 2 aliphatic rings. The minimum absolute atomic E-state index is 0.216.